The number of carbonyl (C=O) groups is 2. The molecule has 0 aromatic rings. The molecular weight excluding hydrogens is 276 g/mol. The first kappa shape index (κ1) is 14.2. The number of fused-ring (bicyclic) bond motifs is 1. The second kappa shape index (κ2) is 4.93. The minimum absolute atomic E-state index is 0.0100. The van der Waals surface area contributed by atoms with Crippen molar-refractivity contribution in [3.63, 3.8) is 0 Å². The number of hydrogen-bond donors (Lipinski definition) is 0. The van der Waals surface area contributed by atoms with Crippen LogP contribution in [-0.4, -0.2) is 35.1 Å². The summed E-state index contributed by atoms with van der Waals surface area (Å²) in [7, 11) is 0. The maximum absolute atomic E-state index is 12.4. The van der Waals surface area contributed by atoms with Gasteiger partial charge in [-0.05, 0) is 17.8 Å². The lowest BCUT2D eigenvalue weighted by molar-refractivity contribution is -0.156. The van der Waals surface area contributed by atoms with Gasteiger partial charge in [0.15, 0.2) is 0 Å². The van der Waals surface area contributed by atoms with E-state index >= 15 is 0 Å². The highest BCUT2D eigenvalue weighted by atomic mass is 32.2. The van der Waals surface area contributed by atoms with Gasteiger partial charge in [-0.2, -0.15) is 0 Å². The lowest BCUT2D eigenvalue weighted by Crippen LogP contribution is -2.45. The van der Waals surface area contributed by atoms with E-state index in [4.69, 9.17) is 9.47 Å². The van der Waals surface area contributed by atoms with Crippen LogP contribution in [0.2, 0.25) is 0 Å². The quantitative estimate of drug-likeness (QED) is 0.744. The molecule has 3 aliphatic heterocycles. The third kappa shape index (κ3) is 1.97. The zero-order chi connectivity index (χ0) is 14.6. The van der Waals surface area contributed by atoms with Gasteiger partial charge in [0.2, 0.25) is 0 Å². The van der Waals surface area contributed by atoms with Crippen LogP contribution >= 0.6 is 11.8 Å². The third-order valence-electron chi connectivity index (χ3n) is 4.62. The molecule has 3 saturated heterocycles. The van der Waals surface area contributed by atoms with Gasteiger partial charge in [-0.15, -0.1) is 11.8 Å². The lowest BCUT2D eigenvalue weighted by Gasteiger charge is -2.31. The molecule has 0 aromatic carbocycles. The minimum Gasteiger partial charge on any atom is -0.465 e. The van der Waals surface area contributed by atoms with E-state index in [-0.39, 0.29) is 46.3 Å². The Morgan fingerprint density at radius 2 is 2.00 bits per heavy atom. The van der Waals surface area contributed by atoms with E-state index < -0.39 is 0 Å². The molecule has 0 saturated carbocycles. The monoisotopic (exact) mass is 298 g/mol. The summed E-state index contributed by atoms with van der Waals surface area (Å²) in [6.45, 7) is 8.73. The van der Waals surface area contributed by atoms with Gasteiger partial charge < -0.3 is 9.47 Å². The molecule has 0 N–H and O–H groups in total. The van der Waals surface area contributed by atoms with Gasteiger partial charge in [0.1, 0.15) is 12.0 Å². The van der Waals surface area contributed by atoms with Crippen molar-refractivity contribution in [2.24, 2.45) is 29.6 Å². The first-order valence-corrected chi connectivity index (χ1v) is 8.38. The van der Waals surface area contributed by atoms with Gasteiger partial charge in [0.05, 0.1) is 17.8 Å². The number of thioether (sulfide) groups is 1. The van der Waals surface area contributed by atoms with Crippen molar-refractivity contribution in [1.29, 1.82) is 0 Å². The van der Waals surface area contributed by atoms with Crippen LogP contribution in [0.15, 0.2) is 0 Å². The Kier molecular flexibility index (Phi) is 3.51. The molecule has 6 unspecified atom stereocenters. The molecule has 112 valence electrons. The zero-order valence-electron chi connectivity index (χ0n) is 12.4. The Morgan fingerprint density at radius 3 is 2.60 bits per heavy atom. The molecule has 3 aliphatic rings. The maximum atomic E-state index is 12.4. The molecule has 0 spiro atoms. The standard InChI is InChI=1S/C15H22O4S/c1-6(2)5-18-14(16)10-11-13-9(15(17)19-11)8(7(3)4)12(10)20-13/h6-13H,5H2,1-4H3. The number of esters is 2. The SMILES string of the molecule is CC(C)COC(=O)C1C2OC(=O)C3C2SC1C3C(C)C. The van der Waals surface area contributed by atoms with E-state index in [2.05, 4.69) is 13.8 Å². The van der Waals surface area contributed by atoms with Crippen LogP contribution in [0.4, 0.5) is 0 Å². The molecule has 0 aromatic heterocycles. The molecule has 3 fully saturated rings. The molecule has 5 heteroatoms. The van der Waals surface area contributed by atoms with Crippen molar-refractivity contribution in [2.45, 2.75) is 44.3 Å². The van der Waals surface area contributed by atoms with Crippen LogP contribution in [-0.2, 0) is 19.1 Å². The van der Waals surface area contributed by atoms with Crippen molar-refractivity contribution in [3.05, 3.63) is 0 Å². The van der Waals surface area contributed by atoms with Crippen LogP contribution in [0.5, 0.6) is 0 Å². The average molecular weight is 298 g/mol. The van der Waals surface area contributed by atoms with Crippen molar-refractivity contribution in [2.75, 3.05) is 6.61 Å². The highest BCUT2D eigenvalue weighted by molar-refractivity contribution is 8.01. The van der Waals surface area contributed by atoms with E-state index in [1.54, 1.807) is 11.8 Å². The topological polar surface area (TPSA) is 52.6 Å². The summed E-state index contributed by atoms with van der Waals surface area (Å²) in [5, 5.41) is 0.345. The van der Waals surface area contributed by atoms with Crippen molar-refractivity contribution in [3.8, 4) is 0 Å². The molecule has 3 rings (SSSR count). The predicted octanol–water partition coefficient (Wildman–Crippen LogP) is 2.11. The van der Waals surface area contributed by atoms with Gasteiger partial charge >= 0.3 is 11.9 Å². The second-order valence-electron chi connectivity index (χ2n) is 6.86. The normalized spacial score (nSPS) is 41.6. The Morgan fingerprint density at radius 1 is 1.30 bits per heavy atom. The van der Waals surface area contributed by atoms with E-state index in [0.29, 0.717) is 18.4 Å². The minimum atomic E-state index is -0.265. The second-order valence-corrected chi connectivity index (χ2v) is 8.22. The van der Waals surface area contributed by atoms with Crippen LogP contribution in [0.3, 0.4) is 0 Å². The molecule has 3 heterocycles. The van der Waals surface area contributed by atoms with Gasteiger partial charge in [-0.3, -0.25) is 9.59 Å². The van der Waals surface area contributed by atoms with Gasteiger partial charge in [0.25, 0.3) is 0 Å². The first-order valence-electron chi connectivity index (χ1n) is 7.44. The van der Waals surface area contributed by atoms with E-state index in [0.717, 1.165) is 0 Å². The van der Waals surface area contributed by atoms with E-state index in [9.17, 15) is 9.59 Å². The Bertz CT molecular complexity index is 434. The number of hydrogen-bond acceptors (Lipinski definition) is 5. The Labute approximate surface area is 124 Å². The van der Waals surface area contributed by atoms with Gasteiger partial charge in [-0.1, -0.05) is 27.7 Å². The highest BCUT2D eigenvalue weighted by Crippen LogP contribution is 2.62. The molecule has 4 nitrogen and oxygen atoms in total. The first-order chi connectivity index (χ1) is 9.41. The predicted molar refractivity (Wildman–Crippen MR) is 76.2 cm³/mol. The lowest BCUT2D eigenvalue weighted by atomic mass is 9.70. The van der Waals surface area contributed by atoms with Gasteiger partial charge in [-0.25, -0.2) is 0 Å². The van der Waals surface area contributed by atoms with Crippen LogP contribution in [0.25, 0.3) is 0 Å². The Hall–Kier alpha value is -0.710. The van der Waals surface area contributed by atoms with E-state index in [1.807, 2.05) is 13.8 Å². The fourth-order valence-corrected chi connectivity index (χ4v) is 6.13. The molecule has 6 atom stereocenters. The summed E-state index contributed by atoms with van der Waals surface area (Å²) >= 11 is 1.77. The van der Waals surface area contributed by atoms with Crippen molar-refractivity contribution >= 4 is 23.7 Å². The van der Waals surface area contributed by atoms with E-state index in [1.165, 1.54) is 0 Å². The summed E-state index contributed by atoms with van der Waals surface area (Å²) in [6.07, 6.45) is -0.253. The summed E-state index contributed by atoms with van der Waals surface area (Å²) < 4.78 is 10.9. The average Bonchev–Trinajstić information content (AvgIpc) is 2.95. The van der Waals surface area contributed by atoms with Crippen molar-refractivity contribution in [1.82, 2.24) is 0 Å². The fourth-order valence-electron chi connectivity index (χ4n) is 3.83. The molecule has 20 heavy (non-hydrogen) atoms. The third-order valence-corrected chi connectivity index (χ3v) is 6.42. The van der Waals surface area contributed by atoms with Crippen molar-refractivity contribution < 1.29 is 19.1 Å². The smallest absolute Gasteiger partial charge is 0.313 e. The molecule has 0 aliphatic carbocycles. The molecule has 2 bridgehead atoms. The largest absolute Gasteiger partial charge is 0.465 e. The highest BCUT2D eigenvalue weighted by Gasteiger charge is 2.69. The van der Waals surface area contributed by atoms with Crippen LogP contribution in [0.1, 0.15) is 27.7 Å². The molecular formula is C15H22O4S. The van der Waals surface area contributed by atoms with Gasteiger partial charge in [0, 0.05) is 5.25 Å². The summed E-state index contributed by atoms with van der Waals surface area (Å²) in [5.74, 6) is 0.394. The number of rotatable bonds is 4. The summed E-state index contributed by atoms with van der Waals surface area (Å²) in [5.41, 5.74) is 0. The number of ether oxygens (including phenoxy) is 2. The zero-order valence-corrected chi connectivity index (χ0v) is 13.2. The van der Waals surface area contributed by atoms with Crippen LogP contribution in [0, 0.1) is 29.6 Å². The molecule has 0 radical (unpaired) electrons. The fraction of sp³-hybridized carbons (Fsp3) is 0.867. The summed E-state index contributed by atoms with van der Waals surface area (Å²) in [4.78, 5) is 24.4. The number of carbonyl (C=O) groups excluding carboxylic acids is 2. The Balaban J connectivity index is 1.80. The maximum Gasteiger partial charge on any atom is 0.313 e. The molecule has 0 amide bonds. The van der Waals surface area contributed by atoms with Crippen LogP contribution < -0.4 is 0 Å². The summed E-state index contributed by atoms with van der Waals surface area (Å²) in [6, 6.07) is 0.